The van der Waals surface area contributed by atoms with Gasteiger partial charge in [-0.1, -0.05) is 0 Å². The summed E-state index contributed by atoms with van der Waals surface area (Å²) in [7, 11) is 0. The number of thioether (sulfide) groups is 1. The molecular formula is C7H12N2S2. The Bertz CT molecular complexity index is 186. The molecule has 3 N–H and O–H groups in total. The van der Waals surface area contributed by atoms with E-state index in [1.54, 1.807) is 23.1 Å². The predicted octanol–water partition coefficient (Wildman–Crippen LogP) is 1.62. The van der Waals surface area contributed by atoms with Crippen LogP contribution in [0.1, 0.15) is 11.6 Å². The van der Waals surface area contributed by atoms with Crippen LogP contribution in [0.25, 0.3) is 0 Å². The number of nitrogens with one attached hydrogen (secondary N) is 1. The van der Waals surface area contributed by atoms with Crippen LogP contribution in [0, 0.1) is 0 Å². The molecule has 0 saturated carbocycles. The lowest BCUT2D eigenvalue weighted by Crippen LogP contribution is -2.29. The molecule has 4 heteroatoms. The quantitative estimate of drug-likeness (QED) is 0.557. The van der Waals surface area contributed by atoms with E-state index in [1.165, 1.54) is 5.56 Å². The third-order valence-corrected chi connectivity index (χ3v) is 2.85. The van der Waals surface area contributed by atoms with Crippen LogP contribution in [0.5, 0.6) is 0 Å². The molecule has 0 aliphatic heterocycles. The minimum atomic E-state index is 0.302. The van der Waals surface area contributed by atoms with E-state index in [0.29, 0.717) is 6.04 Å². The van der Waals surface area contributed by atoms with Crippen molar-refractivity contribution in [2.24, 2.45) is 5.84 Å². The minimum Gasteiger partial charge on any atom is -0.271 e. The van der Waals surface area contributed by atoms with Gasteiger partial charge >= 0.3 is 0 Å². The van der Waals surface area contributed by atoms with Gasteiger partial charge in [0, 0.05) is 5.75 Å². The summed E-state index contributed by atoms with van der Waals surface area (Å²) in [5, 5.41) is 4.20. The van der Waals surface area contributed by atoms with Crippen molar-refractivity contribution in [2.45, 2.75) is 6.04 Å². The number of thiophene rings is 1. The maximum atomic E-state index is 5.39. The van der Waals surface area contributed by atoms with E-state index in [2.05, 4.69) is 28.5 Å². The van der Waals surface area contributed by atoms with E-state index in [9.17, 15) is 0 Å². The molecule has 1 unspecified atom stereocenters. The van der Waals surface area contributed by atoms with Gasteiger partial charge in [0.05, 0.1) is 6.04 Å². The second-order valence-electron chi connectivity index (χ2n) is 2.23. The fourth-order valence-electron chi connectivity index (χ4n) is 0.881. The molecule has 1 atom stereocenters. The Morgan fingerprint density at radius 1 is 1.82 bits per heavy atom. The highest BCUT2D eigenvalue weighted by Crippen LogP contribution is 2.18. The van der Waals surface area contributed by atoms with Gasteiger partial charge < -0.3 is 0 Å². The maximum Gasteiger partial charge on any atom is 0.0558 e. The normalized spacial score (nSPS) is 13.3. The van der Waals surface area contributed by atoms with Crippen molar-refractivity contribution < 1.29 is 0 Å². The summed E-state index contributed by atoms with van der Waals surface area (Å²) in [5.41, 5.74) is 4.08. The number of hydrogen-bond donors (Lipinski definition) is 2. The van der Waals surface area contributed by atoms with Crippen LogP contribution in [0.2, 0.25) is 0 Å². The first-order valence-electron chi connectivity index (χ1n) is 3.35. The average Bonchev–Trinajstić information content (AvgIpc) is 2.52. The zero-order valence-electron chi connectivity index (χ0n) is 6.41. The molecule has 1 aromatic heterocycles. The van der Waals surface area contributed by atoms with Crippen molar-refractivity contribution in [3.63, 3.8) is 0 Å². The van der Waals surface area contributed by atoms with Crippen molar-refractivity contribution >= 4 is 23.1 Å². The van der Waals surface area contributed by atoms with E-state index in [-0.39, 0.29) is 0 Å². The van der Waals surface area contributed by atoms with Gasteiger partial charge in [-0.2, -0.15) is 23.1 Å². The highest BCUT2D eigenvalue weighted by Gasteiger charge is 2.07. The van der Waals surface area contributed by atoms with Crippen LogP contribution >= 0.6 is 23.1 Å². The topological polar surface area (TPSA) is 38.0 Å². The largest absolute Gasteiger partial charge is 0.271 e. The van der Waals surface area contributed by atoms with Crippen molar-refractivity contribution in [1.82, 2.24) is 5.43 Å². The van der Waals surface area contributed by atoms with Crippen molar-refractivity contribution in [3.05, 3.63) is 22.4 Å². The highest BCUT2D eigenvalue weighted by atomic mass is 32.2. The Morgan fingerprint density at radius 3 is 3.09 bits per heavy atom. The summed E-state index contributed by atoms with van der Waals surface area (Å²) in [4.78, 5) is 0. The summed E-state index contributed by atoms with van der Waals surface area (Å²) in [6.07, 6.45) is 2.08. The number of hydrazine groups is 1. The van der Waals surface area contributed by atoms with Gasteiger partial charge in [0.25, 0.3) is 0 Å². The molecule has 0 fully saturated rings. The second-order valence-corrected chi connectivity index (χ2v) is 3.92. The molecule has 1 rings (SSSR count). The van der Waals surface area contributed by atoms with Gasteiger partial charge in [-0.05, 0) is 28.6 Å². The standard InChI is InChI=1S/C7H12N2S2/c1-10-5-7(9-8)6-2-3-11-4-6/h2-4,7,9H,5,8H2,1H3. The van der Waals surface area contributed by atoms with Crippen molar-refractivity contribution in [3.8, 4) is 0 Å². The Morgan fingerprint density at radius 2 is 2.64 bits per heavy atom. The summed E-state index contributed by atoms with van der Waals surface area (Å²) in [6.45, 7) is 0. The summed E-state index contributed by atoms with van der Waals surface area (Å²) in [6, 6.07) is 2.40. The fraction of sp³-hybridized carbons (Fsp3) is 0.429. The molecule has 0 aliphatic carbocycles. The molecular weight excluding hydrogens is 176 g/mol. The van der Waals surface area contributed by atoms with Gasteiger partial charge in [0.1, 0.15) is 0 Å². The lowest BCUT2D eigenvalue weighted by atomic mass is 10.2. The number of hydrogen-bond acceptors (Lipinski definition) is 4. The predicted molar refractivity (Wildman–Crippen MR) is 52.8 cm³/mol. The third kappa shape index (κ3) is 2.48. The maximum absolute atomic E-state index is 5.39. The molecule has 1 heterocycles. The van der Waals surface area contributed by atoms with Crippen LogP contribution in [0.3, 0.4) is 0 Å². The van der Waals surface area contributed by atoms with Gasteiger partial charge in [-0.25, -0.2) is 0 Å². The minimum absolute atomic E-state index is 0.302. The van der Waals surface area contributed by atoms with Crippen LogP contribution in [-0.4, -0.2) is 12.0 Å². The Kier molecular flexibility index (Phi) is 3.93. The van der Waals surface area contributed by atoms with Crippen LogP contribution in [-0.2, 0) is 0 Å². The Labute approximate surface area is 75.1 Å². The van der Waals surface area contributed by atoms with Gasteiger partial charge in [-0.3, -0.25) is 11.3 Å². The summed E-state index contributed by atoms with van der Waals surface area (Å²) < 4.78 is 0. The number of nitrogens with two attached hydrogens (primary N) is 1. The first-order valence-corrected chi connectivity index (χ1v) is 5.69. The molecule has 0 spiro atoms. The van der Waals surface area contributed by atoms with Crippen molar-refractivity contribution in [1.29, 1.82) is 0 Å². The van der Waals surface area contributed by atoms with Gasteiger partial charge in [0.15, 0.2) is 0 Å². The highest BCUT2D eigenvalue weighted by molar-refractivity contribution is 7.98. The number of rotatable bonds is 4. The SMILES string of the molecule is CSCC(NN)c1ccsc1. The molecule has 0 aromatic carbocycles. The van der Waals surface area contributed by atoms with Crippen LogP contribution in [0.15, 0.2) is 16.8 Å². The third-order valence-electron chi connectivity index (χ3n) is 1.48. The lowest BCUT2D eigenvalue weighted by Gasteiger charge is -2.11. The Balaban J connectivity index is 2.56. The lowest BCUT2D eigenvalue weighted by molar-refractivity contribution is 0.613. The molecule has 11 heavy (non-hydrogen) atoms. The smallest absolute Gasteiger partial charge is 0.0558 e. The van der Waals surface area contributed by atoms with Crippen LogP contribution < -0.4 is 11.3 Å². The van der Waals surface area contributed by atoms with Crippen LogP contribution in [0.4, 0.5) is 0 Å². The molecule has 1 aromatic rings. The first kappa shape index (κ1) is 9.06. The summed E-state index contributed by atoms with van der Waals surface area (Å²) in [5.74, 6) is 6.41. The van der Waals surface area contributed by atoms with Crippen molar-refractivity contribution in [2.75, 3.05) is 12.0 Å². The van der Waals surface area contributed by atoms with Gasteiger partial charge in [-0.15, -0.1) is 0 Å². The zero-order valence-corrected chi connectivity index (χ0v) is 8.04. The average molecular weight is 188 g/mol. The second kappa shape index (κ2) is 4.77. The van der Waals surface area contributed by atoms with E-state index >= 15 is 0 Å². The molecule has 0 aliphatic rings. The molecule has 0 saturated heterocycles. The molecule has 0 amide bonds. The summed E-state index contributed by atoms with van der Waals surface area (Å²) >= 11 is 3.50. The van der Waals surface area contributed by atoms with E-state index in [0.717, 1.165) is 5.75 Å². The molecule has 0 radical (unpaired) electrons. The molecule has 0 bridgehead atoms. The monoisotopic (exact) mass is 188 g/mol. The molecule has 62 valence electrons. The zero-order chi connectivity index (χ0) is 8.10. The van der Waals surface area contributed by atoms with E-state index < -0.39 is 0 Å². The first-order chi connectivity index (χ1) is 5.38. The molecule has 2 nitrogen and oxygen atoms in total. The fourth-order valence-corrected chi connectivity index (χ4v) is 2.22. The van der Waals surface area contributed by atoms with Gasteiger partial charge in [0.2, 0.25) is 0 Å². The van der Waals surface area contributed by atoms with E-state index in [1.807, 2.05) is 0 Å². The Hall–Kier alpha value is -0.0300. The van der Waals surface area contributed by atoms with E-state index in [4.69, 9.17) is 5.84 Å².